The summed E-state index contributed by atoms with van der Waals surface area (Å²) in [5.74, 6) is -0.166. The second kappa shape index (κ2) is 6.91. The van der Waals surface area contributed by atoms with Gasteiger partial charge in [0.2, 0.25) is 5.91 Å². The highest BCUT2D eigenvalue weighted by Gasteiger charge is 2.32. The normalized spacial score (nSPS) is 18.1. The van der Waals surface area contributed by atoms with Gasteiger partial charge in [-0.3, -0.25) is 4.79 Å². The highest BCUT2D eigenvalue weighted by atomic mass is 35.5. The fourth-order valence-electron chi connectivity index (χ4n) is 2.64. The van der Waals surface area contributed by atoms with Crippen LogP contribution in [0.15, 0.2) is 30.3 Å². The van der Waals surface area contributed by atoms with Crippen molar-refractivity contribution in [2.45, 2.75) is 37.6 Å². The lowest BCUT2D eigenvalue weighted by Crippen LogP contribution is -2.52. The molecule has 2 rings (SSSR count). The standard InChI is InChI=1S/C16H20ClNO2/c17-14-6-4-5-13(11-14)7-8-15(20)18-16(12-19)9-2-1-3-10-16/h4-8,11,19H,1-3,9-10,12H2,(H,18,20). The fraction of sp³-hybridized carbons (Fsp3) is 0.438. The molecule has 0 unspecified atom stereocenters. The minimum Gasteiger partial charge on any atom is -0.394 e. The first-order valence-electron chi connectivity index (χ1n) is 7.00. The van der Waals surface area contributed by atoms with Crippen LogP contribution in [-0.4, -0.2) is 23.2 Å². The zero-order chi connectivity index (χ0) is 14.4. The Kier molecular flexibility index (Phi) is 5.21. The third-order valence-corrected chi connectivity index (χ3v) is 4.01. The summed E-state index contributed by atoms with van der Waals surface area (Å²) < 4.78 is 0. The molecule has 0 aromatic heterocycles. The number of aliphatic hydroxyl groups excluding tert-OH is 1. The number of hydrogen-bond donors (Lipinski definition) is 2. The number of benzene rings is 1. The number of halogens is 1. The molecule has 1 fully saturated rings. The Bertz CT molecular complexity index is 493. The Hall–Kier alpha value is -1.32. The maximum Gasteiger partial charge on any atom is 0.244 e. The zero-order valence-electron chi connectivity index (χ0n) is 11.4. The largest absolute Gasteiger partial charge is 0.394 e. The predicted molar refractivity (Wildman–Crippen MR) is 81.5 cm³/mol. The zero-order valence-corrected chi connectivity index (χ0v) is 12.2. The quantitative estimate of drug-likeness (QED) is 0.838. The van der Waals surface area contributed by atoms with Crippen molar-refractivity contribution >= 4 is 23.6 Å². The van der Waals surface area contributed by atoms with Gasteiger partial charge in [0.1, 0.15) is 0 Å². The van der Waals surface area contributed by atoms with Crippen molar-refractivity contribution in [1.29, 1.82) is 0 Å². The molecule has 2 N–H and O–H groups in total. The first-order valence-corrected chi connectivity index (χ1v) is 7.38. The van der Waals surface area contributed by atoms with Gasteiger partial charge in [0.15, 0.2) is 0 Å². The summed E-state index contributed by atoms with van der Waals surface area (Å²) in [5, 5.41) is 13.2. The molecule has 1 saturated carbocycles. The third kappa shape index (κ3) is 4.09. The topological polar surface area (TPSA) is 49.3 Å². The van der Waals surface area contributed by atoms with Crippen LogP contribution in [0.25, 0.3) is 6.08 Å². The number of nitrogens with one attached hydrogen (secondary N) is 1. The van der Waals surface area contributed by atoms with Crippen LogP contribution in [0.3, 0.4) is 0 Å². The molecule has 1 aromatic carbocycles. The molecule has 0 atom stereocenters. The summed E-state index contributed by atoms with van der Waals surface area (Å²) in [6.45, 7) is 0.00372. The van der Waals surface area contributed by atoms with Crippen LogP contribution in [-0.2, 0) is 4.79 Å². The van der Waals surface area contributed by atoms with Crippen molar-refractivity contribution in [3.8, 4) is 0 Å². The highest BCUT2D eigenvalue weighted by molar-refractivity contribution is 6.30. The lowest BCUT2D eigenvalue weighted by atomic mass is 9.82. The van der Waals surface area contributed by atoms with Gasteiger partial charge in [-0.2, -0.15) is 0 Å². The summed E-state index contributed by atoms with van der Waals surface area (Å²) in [6, 6.07) is 7.32. The van der Waals surface area contributed by atoms with Gasteiger partial charge in [0.05, 0.1) is 12.1 Å². The summed E-state index contributed by atoms with van der Waals surface area (Å²) in [4.78, 5) is 12.0. The SMILES string of the molecule is O=C(C=Cc1cccc(Cl)c1)NC1(CO)CCCCC1. The molecule has 1 aliphatic carbocycles. The Morgan fingerprint density at radius 3 is 2.75 bits per heavy atom. The van der Waals surface area contributed by atoms with Gasteiger partial charge in [-0.1, -0.05) is 43.0 Å². The van der Waals surface area contributed by atoms with Gasteiger partial charge in [-0.15, -0.1) is 0 Å². The Morgan fingerprint density at radius 1 is 1.35 bits per heavy atom. The fourth-order valence-corrected chi connectivity index (χ4v) is 2.84. The van der Waals surface area contributed by atoms with E-state index >= 15 is 0 Å². The van der Waals surface area contributed by atoms with E-state index in [1.807, 2.05) is 12.1 Å². The summed E-state index contributed by atoms with van der Waals surface area (Å²) in [7, 11) is 0. The van der Waals surface area contributed by atoms with Crippen molar-refractivity contribution in [3.63, 3.8) is 0 Å². The average molecular weight is 294 g/mol. The Labute approximate surface area is 124 Å². The first-order chi connectivity index (χ1) is 9.63. The number of hydrogen-bond acceptors (Lipinski definition) is 2. The Balaban J connectivity index is 1.97. The summed E-state index contributed by atoms with van der Waals surface area (Å²) >= 11 is 5.89. The number of carbonyl (C=O) groups is 1. The van der Waals surface area contributed by atoms with Crippen LogP contribution in [0.5, 0.6) is 0 Å². The first kappa shape index (κ1) is 15.1. The van der Waals surface area contributed by atoms with E-state index in [1.54, 1.807) is 18.2 Å². The average Bonchev–Trinajstić information content (AvgIpc) is 2.46. The molecule has 108 valence electrons. The molecule has 0 aliphatic heterocycles. The van der Waals surface area contributed by atoms with Gasteiger partial charge >= 0.3 is 0 Å². The molecule has 0 radical (unpaired) electrons. The van der Waals surface area contributed by atoms with Crippen LogP contribution in [0.2, 0.25) is 5.02 Å². The molecule has 0 heterocycles. The van der Waals surface area contributed by atoms with Crippen molar-refractivity contribution in [2.24, 2.45) is 0 Å². The molecule has 0 saturated heterocycles. The molecule has 1 amide bonds. The molecule has 1 aromatic rings. The smallest absolute Gasteiger partial charge is 0.244 e. The molecule has 0 spiro atoms. The van der Waals surface area contributed by atoms with E-state index in [-0.39, 0.29) is 12.5 Å². The van der Waals surface area contributed by atoms with Crippen LogP contribution >= 0.6 is 11.6 Å². The van der Waals surface area contributed by atoms with Gasteiger partial charge in [0, 0.05) is 11.1 Å². The molecule has 0 bridgehead atoms. The van der Waals surface area contributed by atoms with Crippen molar-refractivity contribution in [2.75, 3.05) is 6.61 Å². The van der Waals surface area contributed by atoms with Crippen LogP contribution in [0.1, 0.15) is 37.7 Å². The van der Waals surface area contributed by atoms with Crippen molar-refractivity contribution in [1.82, 2.24) is 5.32 Å². The number of carbonyl (C=O) groups excluding carboxylic acids is 1. The second-order valence-corrected chi connectivity index (χ2v) is 5.81. The van der Waals surface area contributed by atoms with E-state index < -0.39 is 5.54 Å². The van der Waals surface area contributed by atoms with Crippen LogP contribution in [0, 0.1) is 0 Å². The number of rotatable bonds is 4. The van der Waals surface area contributed by atoms with E-state index in [9.17, 15) is 9.90 Å². The molecule has 3 nitrogen and oxygen atoms in total. The minimum absolute atomic E-state index is 0.00372. The van der Waals surface area contributed by atoms with E-state index in [4.69, 9.17) is 11.6 Å². The summed E-state index contributed by atoms with van der Waals surface area (Å²) in [6.07, 6.45) is 8.21. The number of aliphatic hydroxyl groups is 1. The van der Waals surface area contributed by atoms with E-state index in [0.717, 1.165) is 31.2 Å². The molecular formula is C16H20ClNO2. The third-order valence-electron chi connectivity index (χ3n) is 3.78. The van der Waals surface area contributed by atoms with Gasteiger partial charge in [-0.05, 0) is 36.6 Å². The van der Waals surface area contributed by atoms with Gasteiger partial charge in [0.25, 0.3) is 0 Å². The van der Waals surface area contributed by atoms with Gasteiger partial charge < -0.3 is 10.4 Å². The predicted octanol–water partition coefficient (Wildman–Crippen LogP) is 3.16. The monoisotopic (exact) mass is 293 g/mol. The van der Waals surface area contributed by atoms with Crippen LogP contribution in [0.4, 0.5) is 0 Å². The van der Waals surface area contributed by atoms with E-state index in [1.165, 1.54) is 12.5 Å². The van der Waals surface area contributed by atoms with Crippen molar-refractivity contribution in [3.05, 3.63) is 40.9 Å². The van der Waals surface area contributed by atoms with Crippen molar-refractivity contribution < 1.29 is 9.90 Å². The lowest BCUT2D eigenvalue weighted by molar-refractivity contribution is -0.119. The molecule has 4 heteroatoms. The maximum absolute atomic E-state index is 12.0. The number of amides is 1. The lowest BCUT2D eigenvalue weighted by Gasteiger charge is -2.36. The molecule has 20 heavy (non-hydrogen) atoms. The molecule has 1 aliphatic rings. The minimum atomic E-state index is -0.437. The second-order valence-electron chi connectivity index (χ2n) is 5.38. The Morgan fingerprint density at radius 2 is 2.10 bits per heavy atom. The van der Waals surface area contributed by atoms with Gasteiger partial charge in [-0.25, -0.2) is 0 Å². The van der Waals surface area contributed by atoms with E-state index in [0.29, 0.717) is 5.02 Å². The van der Waals surface area contributed by atoms with Crippen LogP contribution < -0.4 is 5.32 Å². The van der Waals surface area contributed by atoms with E-state index in [2.05, 4.69) is 5.32 Å². The molecular weight excluding hydrogens is 274 g/mol. The highest BCUT2D eigenvalue weighted by Crippen LogP contribution is 2.27. The summed E-state index contributed by atoms with van der Waals surface area (Å²) in [5.41, 5.74) is 0.447. The maximum atomic E-state index is 12.0.